The lowest BCUT2D eigenvalue weighted by molar-refractivity contribution is 1.21. The number of para-hydroxylation sites is 6. The molecular weight excluding hydrogens is 935 g/mol. The van der Waals surface area contributed by atoms with E-state index in [4.69, 9.17) is 0 Å². The molecule has 0 aromatic heterocycles. The fourth-order valence-corrected chi connectivity index (χ4v) is 14.4. The molecule has 0 atom stereocenters. The van der Waals surface area contributed by atoms with Gasteiger partial charge in [-0.3, -0.25) is 0 Å². The van der Waals surface area contributed by atoms with E-state index in [0.717, 1.165) is 45.5 Å². The third kappa shape index (κ3) is 6.89. The van der Waals surface area contributed by atoms with Crippen molar-refractivity contribution in [2.45, 2.75) is 19.6 Å². The van der Waals surface area contributed by atoms with Crippen LogP contribution in [0.25, 0.3) is 0 Å². The zero-order chi connectivity index (χ0) is 48.7. The van der Waals surface area contributed by atoms with Crippen molar-refractivity contribution in [3.8, 4) is 0 Å². The molecule has 346 valence electrons. The van der Waals surface area contributed by atoms with Gasteiger partial charge >= 0.3 is 0 Å². The highest BCUT2D eigenvalue weighted by Gasteiger charge is 2.47. The molecule has 0 spiro atoms. The van der Waals surface area contributed by atoms with Gasteiger partial charge in [0.15, 0.2) is 0 Å². The van der Waals surface area contributed by atoms with Gasteiger partial charge in [-0.15, -0.1) is 0 Å². The number of fused-ring (bicyclic) bond motifs is 8. The second-order valence-electron chi connectivity index (χ2n) is 19.2. The average Bonchev–Trinajstić information content (AvgIpc) is 3.51. The molecule has 11 aromatic carbocycles. The molecule has 0 N–H and O–H groups in total. The van der Waals surface area contributed by atoms with Gasteiger partial charge in [-0.2, -0.15) is 0 Å². The maximum absolute atomic E-state index is 2.62. The number of anilines is 12. The van der Waals surface area contributed by atoms with Gasteiger partial charge < -0.3 is 19.6 Å². The molecular formula is C66H44B2N4S2. The van der Waals surface area contributed by atoms with Crippen molar-refractivity contribution in [2.75, 3.05) is 19.6 Å². The summed E-state index contributed by atoms with van der Waals surface area (Å²) in [5.41, 5.74) is 21.7. The minimum absolute atomic E-state index is 0.0133. The van der Waals surface area contributed by atoms with Crippen LogP contribution >= 0.6 is 23.5 Å². The maximum Gasteiger partial charge on any atom is 0.249 e. The largest absolute Gasteiger partial charge is 0.311 e. The van der Waals surface area contributed by atoms with Crippen molar-refractivity contribution in [1.82, 2.24) is 0 Å². The summed E-state index contributed by atoms with van der Waals surface area (Å²) in [5, 5.41) is 0. The van der Waals surface area contributed by atoms with Crippen molar-refractivity contribution < 1.29 is 0 Å². The molecule has 74 heavy (non-hydrogen) atoms. The van der Waals surface area contributed by atoms with Crippen LogP contribution in [0.4, 0.5) is 68.2 Å². The third-order valence-corrected chi connectivity index (χ3v) is 17.4. The molecule has 0 unspecified atom stereocenters. The van der Waals surface area contributed by atoms with Crippen LogP contribution in [0, 0.1) is 0 Å². The molecule has 15 rings (SSSR count). The van der Waals surface area contributed by atoms with Crippen molar-refractivity contribution in [3.63, 3.8) is 0 Å². The fourth-order valence-electron chi connectivity index (χ4n) is 12.0. The molecule has 4 heterocycles. The van der Waals surface area contributed by atoms with Crippen LogP contribution in [0.2, 0.25) is 0 Å². The van der Waals surface area contributed by atoms with E-state index in [1.165, 1.54) is 75.1 Å². The standard InChI is InChI=1S/C66H44B2N4S2/c1-7-23-45(24-8-1)69(46-25-9-2-10-26-46)51-39-59-65-63(41-51)73-61-37-21-19-35-53(61)67(65)55-43-56-58(44-57(55)71(59)49-31-15-5-16-32-49)72(50-33-17-6-18-34-50)60-40-52(42-64-66(60)68(56)54-36-20-22-38-62(54)74-64)70(47-27-11-3-12-28-47)48-29-13-4-14-30-48/h1-44H. The number of hydrogen-bond acceptors (Lipinski definition) is 6. The highest BCUT2D eigenvalue weighted by Crippen LogP contribution is 2.50. The van der Waals surface area contributed by atoms with E-state index < -0.39 is 0 Å². The lowest BCUT2D eigenvalue weighted by Gasteiger charge is -2.45. The quantitative estimate of drug-likeness (QED) is 0.140. The molecule has 11 aromatic rings. The van der Waals surface area contributed by atoms with Gasteiger partial charge in [0.1, 0.15) is 0 Å². The molecule has 4 nitrogen and oxygen atoms in total. The topological polar surface area (TPSA) is 13.0 Å². The molecule has 0 radical (unpaired) electrons. The van der Waals surface area contributed by atoms with Crippen molar-refractivity contribution in [2.24, 2.45) is 0 Å². The Hall–Kier alpha value is -8.55. The third-order valence-electron chi connectivity index (χ3n) is 15.1. The summed E-state index contributed by atoms with van der Waals surface area (Å²) >= 11 is 3.80. The minimum Gasteiger partial charge on any atom is -0.311 e. The monoisotopic (exact) mass is 978 g/mol. The second kappa shape index (κ2) is 17.6. The van der Waals surface area contributed by atoms with E-state index in [-0.39, 0.29) is 13.4 Å². The molecule has 0 aliphatic carbocycles. The van der Waals surface area contributed by atoms with Gasteiger partial charge in [0.05, 0.1) is 0 Å². The predicted molar refractivity (Wildman–Crippen MR) is 316 cm³/mol. The average molecular weight is 979 g/mol. The molecule has 4 aliphatic heterocycles. The van der Waals surface area contributed by atoms with E-state index in [1.54, 1.807) is 0 Å². The molecule has 0 fully saturated rings. The summed E-state index contributed by atoms with van der Waals surface area (Å²) in [6.45, 7) is -0.0267. The maximum atomic E-state index is 2.62. The molecule has 4 aliphatic rings. The lowest BCUT2D eigenvalue weighted by atomic mass is 9.31. The number of hydrogen-bond donors (Lipinski definition) is 0. The normalized spacial score (nSPS) is 13.2. The first-order valence-electron chi connectivity index (χ1n) is 25.3. The van der Waals surface area contributed by atoms with E-state index in [9.17, 15) is 0 Å². The number of nitrogens with zero attached hydrogens (tertiary/aromatic N) is 4. The van der Waals surface area contributed by atoms with Crippen LogP contribution in [-0.2, 0) is 0 Å². The van der Waals surface area contributed by atoms with E-state index in [2.05, 4.69) is 287 Å². The van der Waals surface area contributed by atoms with Crippen LogP contribution < -0.4 is 52.4 Å². The fraction of sp³-hybridized carbons (Fsp3) is 0. The highest BCUT2D eigenvalue weighted by molar-refractivity contribution is 8.00. The zero-order valence-corrected chi connectivity index (χ0v) is 41.8. The summed E-state index contributed by atoms with van der Waals surface area (Å²) < 4.78 is 0. The van der Waals surface area contributed by atoms with Gasteiger partial charge in [0.25, 0.3) is 0 Å². The zero-order valence-electron chi connectivity index (χ0n) is 40.2. The molecule has 0 saturated carbocycles. The Balaban J connectivity index is 1.03. The summed E-state index contributed by atoms with van der Waals surface area (Å²) in [4.78, 5) is 15.1. The molecule has 0 bridgehead atoms. The first-order valence-corrected chi connectivity index (χ1v) is 26.9. The van der Waals surface area contributed by atoms with Gasteiger partial charge in [0.2, 0.25) is 13.4 Å². The first-order chi connectivity index (χ1) is 36.7. The molecule has 0 amide bonds. The molecule has 8 heteroatoms. The second-order valence-corrected chi connectivity index (χ2v) is 21.4. The smallest absolute Gasteiger partial charge is 0.249 e. The van der Waals surface area contributed by atoms with Crippen LogP contribution in [0.15, 0.2) is 287 Å². The number of rotatable bonds is 8. The Labute approximate surface area is 441 Å². The summed E-state index contributed by atoms with van der Waals surface area (Å²) in [5.74, 6) is 0. The van der Waals surface area contributed by atoms with Crippen molar-refractivity contribution in [3.05, 3.63) is 267 Å². The van der Waals surface area contributed by atoms with Gasteiger partial charge in [0, 0.05) is 87.8 Å². The molecule has 0 saturated heterocycles. The van der Waals surface area contributed by atoms with Crippen molar-refractivity contribution >= 4 is 138 Å². The summed E-state index contributed by atoms with van der Waals surface area (Å²) in [6, 6.07) is 98.5. The Morgan fingerprint density at radius 1 is 0.257 bits per heavy atom. The van der Waals surface area contributed by atoms with Gasteiger partial charge in [-0.25, -0.2) is 0 Å². The van der Waals surface area contributed by atoms with E-state index in [1.807, 2.05) is 23.5 Å². The van der Waals surface area contributed by atoms with Crippen LogP contribution in [0.1, 0.15) is 0 Å². The predicted octanol–water partition coefficient (Wildman–Crippen LogP) is 14.2. The minimum atomic E-state index is -0.0133. The van der Waals surface area contributed by atoms with E-state index in [0.29, 0.717) is 0 Å². The Morgan fingerprint density at radius 3 is 0.946 bits per heavy atom. The Kier molecular flexibility index (Phi) is 10.2. The van der Waals surface area contributed by atoms with Crippen LogP contribution in [0.5, 0.6) is 0 Å². The lowest BCUT2D eigenvalue weighted by Crippen LogP contribution is -2.64. The summed E-state index contributed by atoms with van der Waals surface area (Å²) in [7, 11) is 0. The van der Waals surface area contributed by atoms with Crippen molar-refractivity contribution in [1.29, 1.82) is 0 Å². The number of benzene rings is 11. The Bertz CT molecular complexity index is 3610. The van der Waals surface area contributed by atoms with Crippen LogP contribution in [-0.4, -0.2) is 13.4 Å². The Morgan fingerprint density at radius 2 is 0.581 bits per heavy atom. The van der Waals surface area contributed by atoms with Gasteiger partial charge in [-0.05, 0) is 137 Å². The SMILES string of the molecule is c1ccc(N(c2ccccc2)c2cc3c4c(c2)N(c2ccccc2)c2cc5c(cc2B4c2ccccc2S3)B2c3ccccc3Sc3cc(N(c4ccccc4)c4ccccc4)cc(c32)N5c2ccccc2)cc1. The van der Waals surface area contributed by atoms with Gasteiger partial charge in [-0.1, -0.05) is 186 Å². The summed E-state index contributed by atoms with van der Waals surface area (Å²) in [6.07, 6.45) is 0. The highest BCUT2D eigenvalue weighted by atomic mass is 32.2. The van der Waals surface area contributed by atoms with Crippen LogP contribution in [0.3, 0.4) is 0 Å². The first kappa shape index (κ1) is 43.1. The van der Waals surface area contributed by atoms with E-state index >= 15 is 0 Å².